The van der Waals surface area contributed by atoms with Crippen LogP contribution in [0, 0.1) is 18.7 Å². The van der Waals surface area contributed by atoms with Gasteiger partial charge >= 0.3 is 11.9 Å². The van der Waals surface area contributed by atoms with E-state index in [0.717, 1.165) is 18.2 Å². The lowest BCUT2D eigenvalue weighted by atomic mass is 9.98. The summed E-state index contributed by atoms with van der Waals surface area (Å²) in [6, 6.07) is 4.53. The van der Waals surface area contributed by atoms with Gasteiger partial charge in [-0.25, -0.2) is 22.6 Å². The van der Waals surface area contributed by atoms with Crippen molar-refractivity contribution in [3.05, 3.63) is 47.4 Å². The van der Waals surface area contributed by atoms with Crippen LogP contribution in [0.2, 0.25) is 0 Å². The molecule has 1 aromatic heterocycles. The molecule has 0 unspecified atom stereocenters. The van der Waals surface area contributed by atoms with E-state index in [4.69, 9.17) is 4.74 Å². The molecule has 1 fully saturated rings. The lowest BCUT2D eigenvalue weighted by molar-refractivity contribution is -0.148. The van der Waals surface area contributed by atoms with Crippen LogP contribution in [0.25, 0.3) is 0 Å². The SMILES string of the molecule is CCOC(=O)[C@H]1CCCN(c2ncc(NS(=O)(=O)c3cc(F)ccc3C)cc2C(=O)O)C1. The summed E-state index contributed by atoms with van der Waals surface area (Å²) in [4.78, 5) is 29.6. The number of piperidine rings is 1. The summed E-state index contributed by atoms with van der Waals surface area (Å²) in [6.45, 7) is 4.24. The normalized spacial score (nSPS) is 16.5. The van der Waals surface area contributed by atoms with Crippen molar-refractivity contribution in [1.29, 1.82) is 0 Å². The van der Waals surface area contributed by atoms with E-state index in [1.165, 1.54) is 19.2 Å². The van der Waals surface area contributed by atoms with Gasteiger partial charge in [-0.1, -0.05) is 6.07 Å². The maximum atomic E-state index is 13.6. The Labute approximate surface area is 185 Å². The molecule has 9 nitrogen and oxygen atoms in total. The van der Waals surface area contributed by atoms with E-state index in [2.05, 4.69) is 9.71 Å². The topological polar surface area (TPSA) is 126 Å². The number of rotatable bonds is 7. The molecule has 0 aliphatic carbocycles. The van der Waals surface area contributed by atoms with Crippen LogP contribution in [-0.2, 0) is 19.6 Å². The molecule has 1 saturated heterocycles. The van der Waals surface area contributed by atoms with Crippen molar-refractivity contribution < 1.29 is 32.2 Å². The molecule has 0 saturated carbocycles. The first-order valence-electron chi connectivity index (χ1n) is 10.1. The number of aromatic carboxylic acids is 1. The third-order valence-corrected chi connectivity index (χ3v) is 6.65. The third kappa shape index (κ3) is 5.16. The molecule has 3 rings (SSSR count). The lowest BCUT2D eigenvalue weighted by Gasteiger charge is -2.33. The predicted octanol–water partition coefficient (Wildman–Crippen LogP) is 2.81. The minimum Gasteiger partial charge on any atom is -0.478 e. The molecule has 1 aliphatic rings. The number of carbonyl (C=O) groups is 2. The first-order valence-corrected chi connectivity index (χ1v) is 11.5. The Bertz CT molecular complexity index is 1140. The number of nitrogens with zero attached hydrogens (tertiary/aromatic N) is 2. The number of nitrogens with one attached hydrogen (secondary N) is 1. The maximum absolute atomic E-state index is 13.6. The fourth-order valence-corrected chi connectivity index (χ4v) is 4.91. The Morgan fingerprint density at radius 2 is 2.09 bits per heavy atom. The molecule has 2 heterocycles. The molecule has 32 heavy (non-hydrogen) atoms. The minimum absolute atomic E-state index is 0.0752. The van der Waals surface area contributed by atoms with Gasteiger partial charge in [0.15, 0.2) is 0 Å². The average Bonchev–Trinajstić information content (AvgIpc) is 2.75. The smallest absolute Gasteiger partial charge is 0.339 e. The number of halogens is 1. The summed E-state index contributed by atoms with van der Waals surface area (Å²) in [5, 5.41) is 9.69. The van der Waals surface area contributed by atoms with Crippen molar-refractivity contribution in [2.24, 2.45) is 5.92 Å². The Kier molecular flexibility index (Phi) is 6.97. The summed E-state index contributed by atoms with van der Waals surface area (Å²) in [5.41, 5.74) is 0.0414. The molecular formula is C21H24FN3O6S. The molecule has 2 aromatic rings. The van der Waals surface area contributed by atoms with Gasteiger partial charge in [0.25, 0.3) is 10.0 Å². The van der Waals surface area contributed by atoms with Gasteiger partial charge in [-0.05, 0) is 50.5 Å². The number of sulfonamides is 1. The van der Waals surface area contributed by atoms with Gasteiger partial charge in [-0.3, -0.25) is 9.52 Å². The van der Waals surface area contributed by atoms with Crippen LogP contribution in [0.1, 0.15) is 35.7 Å². The molecule has 172 valence electrons. The van der Waals surface area contributed by atoms with Crippen LogP contribution in [0.5, 0.6) is 0 Å². The second-order valence-corrected chi connectivity index (χ2v) is 9.10. The van der Waals surface area contributed by atoms with Crippen molar-refractivity contribution in [2.75, 3.05) is 29.3 Å². The highest BCUT2D eigenvalue weighted by atomic mass is 32.2. The number of aromatic nitrogens is 1. The molecule has 1 aliphatic heterocycles. The van der Waals surface area contributed by atoms with Crippen LogP contribution >= 0.6 is 0 Å². The first-order chi connectivity index (χ1) is 15.1. The quantitative estimate of drug-likeness (QED) is 0.598. The van der Waals surface area contributed by atoms with Crippen molar-refractivity contribution in [2.45, 2.75) is 31.6 Å². The van der Waals surface area contributed by atoms with Crippen LogP contribution in [0.15, 0.2) is 35.4 Å². The van der Waals surface area contributed by atoms with Gasteiger partial charge in [0.1, 0.15) is 17.2 Å². The van der Waals surface area contributed by atoms with E-state index in [1.807, 2.05) is 0 Å². The van der Waals surface area contributed by atoms with E-state index in [9.17, 15) is 27.5 Å². The number of hydrogen-bond donors (Lipinski definition) is 2. The van der Waals surface area contributed by atoms with Gasteiger partial charge in [0.05, 0.1) is 29.3 Å². The second-order valence-electron chi connectivity index (χ2n) is 7.45. The van der Waals surface area contributed by atoms with E-state index < -0.39 is 27.7 Å². The number of benzene rings is 1. The van der Waals surface area contributed by atoms with E-state index >= 15 is 0 Å². The van der Waals surface area contributed by atoms with Gasteiger partial charge in [-0.2, -0.15) is 0 Å². The van der Waals surface area contributed by atoms with Crippen LogP contribution < -0.4 is 9.62 Å². The fraction of sp³-hybridized carbons (Fsp3) is 0.381. The summed E-state index contributed by atoms with van der Waals surface area (Å²) in [5.74, 6) is -2.62. The Balaban J connectivity index is 1.89. The van der Waals surface area contributed by atoms with Gasteiger partial charge in [0, 0.05) is 13.1 Å². The van der Waals surface area contributed by atoms with Gasteiger partial charge < -0.3 is 14.7 Å². The number of carboxylic acids is 1. The number of carbonyl (C=O) groups excluding carboxylic acids is 1. The van der Waals surface area contributed by atoms with E-state index in [-0.39, 0.29) is 41.1 Å². The zero-order chi connectivity index (χ0) is 23.5. The van der Waals surface area contributed by atoms with Crippen molar-refractivity contribution in [1.82, 2.24) is 4.98 Å². The number of anilines is 2. The molecule has 1 atom stereocenters. The molecule has 2 N–H and O–H groups in total. The summed E-state index contributed by atoms with van der Waals surface area (Å²) >= 11 is 0. The summed E-state index contributed by atoms with van der Waals surface area (Å²) in [6.07, 6.45) is 2.47. The summed E-state index contributed by atoms with van der Waals surface area (Å²) in [7, 11) is -4.17. The third-order valence-electron chi connectivity index (χ3n) is 5.13. The minimum atomic E-state index is -4.17. The Morgan fingerprint density at radius 1 is 1.34 bits per heavy atom. The van der Waals surface area contributed by atoms with Gasteiger partial charge in [0.2, 0.25) is 0 Å². The average molecular weight is 466 g/mol. The molecule has 0 bridgehead atoms. The second kappa shape index (κ2) is 9.51. The van der Waals surface area contributed by atoms with Crippen molar-refractivity contribution >= 4 is 33.5 Å². The number of pyridine rings is 1. The number of aryl methyl sites for hydroxylation is 1. The maximum Gasteiger partial charge on any atom is 0.339 e. The number of carboxylic acid groups (broad SMARTS) is 1. The van der Waals surface area contributed by atoms with Crippen LogP contribution in [0.4, 0.5) is 15.9 Å². The fourth-order valence-electron chi connectivity index (χ4n) is 3.62. The molecule has 0 spiro atoms. The molecule has 1 aromatic carbocycles. The van der Waals surface area contributed by atoms with Crippen molar-refractivity contribution in [3.63, 3.8) is 0 Å². The van der Waals surface area contributed by atoms with E-state index in [1.54, 1.807) is 11.8 Å². The zero-order valence-electron chi connectivity index (χ0n) is 17.7. The molecular weight excluding hydrogens is 441 g/mol. The molecule has 0 radical (unpaired) electrons. The number of hydrogen-bond acceptors (Lipinski definition) is 7. The van der Waals surface area contributed by atoms with Gasteiger partial charge in [-0.15, -0.1) is 0 Å². The highest BCUT2D eigenvalue weighted by Crippen LogP contribution is 2.28. The first kappa shape index (κ1) is 23.5. The standard InChI is InChI=1S/C21H24FN3O6S/c1-3-31-21(28)14-5-4-8-25(12-14)19-17(20(26)27)10-16(11-23-19)24-32(29,30)18-9-15(22)7-6-13(18)2/h6-7,9-11,14,24H,3-5,8,12H2,1-2H3,(H,26,27)/t14-/m0/s1. The lowest BCUT2D eigenvalue weighted by Crippen LogP contribution is -2.40. The Hall–Kier alpha value is -3.21. The number of ether oxygens (including phenoxy) is 1. The van der Waals surface area contributed by atoms with Crippen LogP contribution in [-0.4, -0.2) is 50.1 Å². The Morgan fingerprint density at radius 3 is 2.78 bits per heavy atom. The predicted molar refractivity (Wildman–Crippen MR) is 115 cm³/mol. The van der Waals surface area contributed by atoms with E-state index in [0.29, 0.717) is 24.9 Å². The highest BCUT2D eigenvalue weighted by Gasteiger charge is 2.30. The zero-order valence-corrected chi connectivity index (χ0v) is 18.5. The highest BCUT2D eigenvalue weighted by molar-refractivity contribution is 7.92. The number of esters is 1. The monoisotopic (exact) mass is 465 g/mol. The van der Waals surface area contributed by atoms with Crippen molar-refractivity contribution in [3.8, 4) is 0 Å². The van der Waals surface area contributed by atoms with Crippen LogP contribution in [0.3, 0.4) is 0 Å². The molecule has 0 amide bonds. The largest absolute Gasteiger partial charge is 0.478 e. The summed E-state index contributed by atoms with van der Waals surface area (Å²) < 4.78 is 46.3. The molecule has 11 heteroatoms.